The van der Waals surface area contributed by atoms with E-state index >= 15 is 0 Å². The van der Waals surface area contributed by atoms with Crippen molar-refractivity contribution in [1.82, 2.24) is 0 Å². The van der Waals surface area contributed by atoms with Crippen molar-refractivity contribution in [3.63, 3.8) is 0 Å². The van der Waals surface area contributed by atoms with Gasteiger partial charge in [0.25, 0.3) is 0 Å². The third kappa shape index (κ3) is 7.41. The predicted octanol–water partition coefficient (Wildman–Crippen LogP) is 17.0. The zero-order valence-electron chi connectivity index (χ0n) is 46.1. The van der Waals surface area contributed by atoms with Crippen molar-refractivity contribution in [2.24, 2.45) is 0 Å². The Morgan fingerprint density at radius 3 is 1.37 bits per heavy atom. The van der Waals surface area contributed by atoms with Gasteiger partial charge in [-0.1, -0.05) is 145 Å². The predicted molar refractivity (Wildman–Crippen MR) is 327 cm³/mol. The molecule has 12 rings (SSSR count). The Hall–Kier alpha value is -6.86. The van der Waals surface area contributed by atoms with Crippen LogP contribution in [0.1, 0.15) is 89.5 Å². The van der Waals surface area contributed by atoms with Gasteiger partial charge in [-0.25, -0.2) is 0 Å². The number of hydrogen-bond acceptors (Lipinski definition) is 3. The highest BCUT2D eigenvalue weighted by molar-refractivity contribution is 9.11. The maximum Gasteiger partial charge on any atom is 0.210 e. The Morgan fingerprint density at radius 1 is 0.500 bits per heavy atom. The summed E-state index contributed by atoms with van der Waals surface area (Å²) in [4.78, 5) is 4.83. The van der Waals surface area contributed by atoms with Crippen LogP contribution in [0.15, 0.2) is 192 Å². The Morgan fingerprint density at radius 2 is 0.895 bits per heavy atom. The number of anilines is 2. The zero-order valence-corrected chi connectivity index (χ0v) is 47.6. The highest BCUT2D eigenvalue weighted by Gasteiger charge is 2.50. The van der Waals surface area contributed by atoms with Gasteiger partial charge >= 0.3 is 0 Å². The van der Waals surface area contributed by atoms with Gasteiger partial charge in [-0.2, -0.15) is 9.15 Å². The molecule has 0 saturated carbocycles. The summed E-state index contributed by atoms with van der Waals surface area (Å²) in [5.41, 5.74) is 14.9. The highest BCUT2D eigenvalue weighted by Crippen LogP contribution is 2.55. The number of rotatable bonds is 12. The first kappa shape index (κ1) is 50.0. The molecule has 0 aliphatic carbocycles. The molecular weight excluding hydrogens is 993 g/mol. The van der Waals surface area contributed by atoms with Gasteiger partial charge in [-0.05, 0) is 144 Å². The number of nitrogens with zero attached hydrogens (tertiary/aromatic N) is 4. The molecule has 382 valence electrons. The average molecular weight is 1060 g/mol. The SMILES string of the molecule is CCC1(C)C(=CC=CC2=[N+](C)c3ccc4ccccc4c3C2(C)CCOCCC2(C)C(C=C(Br)C=C3N(C)c4ccc5ccccc5c4C3(C)CC)=[N+](C)c3ccc4ccccc4c32)N(C)c2ccc3ccccc3c21. The average Bonchev–Trinajstić information content (AvgIpc) is 4.00. The molecule has 0 amide bonds. The zero-order chi connectivity index (χ0) is 52.9. The van der Waals surface area contributed by atoms with Gasteiger partial charge in [-0.15, -0.1) is 0 Å². The van der Waals surface area contributed by atoms with Crippen LogP contribution in [-0.2, 0) is 26.4 Å². The molecule has 76 heavy (non-hydrogen) atoms. The van der Waals surface area contributed by atoms with Crippen LogP contribution in [-0.4, -0.2) is 62.0 Å². The number of benzene rings is 8. The van der Waals surface area contributed by atoms with E-state index in [-0.39, 0.29) is 21.7 Å². The third-order valence-corrected chi connectivity index (χ3v) is 19.4. The molecule has 0 radical (unpaired) electrons. The summed E-state index contributed by atoms with van der Waals surface area (Å²) in [6, 6.07) is 53.9. The Balaban J connectivity index is 0.854. The maximum absolute atomic E-state index is 7.00. The normalized spacial score (nSPS) is 24.2. The summed E-state index contributed by atoms with van der Waals surface area (Å²) >= 11 is 4.18. The van der Waals surface area contributed by atoms with E-state index in [2.05, 4.69) is 281 Å². The van der Waals surface area contributed by atoms with Crippen LogP contribution in [0.2, 0.25) is 0 Å². The first-order valence-corrected chi connectivity index (χ1v) is 28.3. The van der Waals surface area contributed by atoms with E-state index in [4.69, 9.17) is 4.74 Å². The Kier molecular flexibility index (Phi) is 12.3. The van der Waals surface area contributed by atoms with E-state index in [1.165, 1.54) is 111 Å². The van der Waals surface area contributed by atoms with E-state index in [1.54, 1.807) is 0 Å². The van der Waals surface area contributed by atoms with Crippen LogP contribution >= 0.6 is 15.9 Å². The smallest absolute Gasteiger partial charge is 0.210 e. The second-order valence-corrected chi connectivity index (χ2v) is 23.8. The summed E-state index contributed by atoms with van der Waals surface area (Å²) in [5, 5.41) is 10.4. The summed E-state index contributed by atoms with van der Waals surface area (Å²) < 4.78 is 12.9. The fraction of sp³-hybridized carbons (Fsp3) is 0.286. The largest absolute Gasteiger partial charge is 0.381 e. The lowest BCUT2D eigenvalue weighted by Gasteiger charge is -2.28. The lowest BCUT2D eigenvalue weighted by molar-refractivity contribution is -0.401. The van der Waals surface area contributed by atoms with E-state index in [9.17, 15) is 0 Å². The first-order valence-electron chi connectivity index (χ1n) is 27.5. The summed E-state index contributed by atoms with van der Waals surface area (Å²) in [5.74, 6) is 0. The van der Waals surface area contributed by atoms with Crippen LogP contribution in [0.3, 0.4) is 0 Å². The molecule has 4 aliphatic heterocycles. The molecule has 8 aromatic rings. The minimum atomic E-state index is -0.336. The van der Waals surface area contributed by atoms with Crippen LogP contribution in [0.5, 0.6) is 0 Å². The fourth-order valence-electron chi connectivity index (χ4n) is 14.5. The van der Waals surface area contributed by atoms with Crippen LogP contribution in [0.25, 0.3) is 43.1 Å². The molecule has 0 bridgehead atoms. The van der Waals surface area contributed by atoms with Gasteiger partial charge < -0.3 is 14.5 Å². The molecule has 5 nitrogen and oxygen atoms in total. The van der Waals surface area contributed by atoms with Gasteiger partial charge in [0, 0.05) is 101 Å². The van der Waals surface area contributed by atoms with Crippen LogP contribution in [0, 0.1) is 0 Å². The quantitative estimate of drug-likeness (QED) is 0.0899. The second kappa shape index (κ2) is 18.7. The fourth-order valence-corrected chi connectivity index (χ4v) is 14.9. The number of halogens is 1. The molecule has 4 heterocycles. The molecule has 0 aromatic heterocycles. The van der Waals surface area contributed by atoms with Crippen molar-refractivity contribution in [1.29, 1.82) is 0 Å². The molecule has 4 unspecified atom stereocenters. The first-order chi connectivity index (χ1) is 36.7. The Bertz CT molecular complexity index is 3930. The molecule has 4 atom stereocenters. The van der Waals surface area contributed by atoms with E-state index in [0.717, 1.165) is 30.2 Å². The monoisotopic (exact) mass is 1060 g/mol. The van der Waals surface area contributed by atoms with Gasteiger partial charge in [0.15, 0.2) is 11.4 Å². The number of hydrogen-bond donors (Lipinski definition) is 0. The van der Waals surface area contributed by atoms with E-state index < -0.39 is 0 Å². The van der Waals surface area contributed by atoms with E-state index in [0.29, 0.717) is 13.2 Å². The van der Waals surface area contributed by atoms with Crippen molar-refractivity contribution in [2.45, 2.75) is 88.9 Å². The minimum Gasteiger partial charge on any atom is -0.381 e. The maximum atomic E-state index is 7.00. The molecule has 4 aliphatic rings. The molecule has 0 fully saturated rings. The van der Waals surface area contributed by atoms with Crippen LogP contribution in [0.4, 0.5) is 22.7 Å². The molecule has 0 N–H and O–H groups in total. The molecule has 8 aromatic carbocycles. The van der Waals surface area contributed by atoms with Gasteiger partial charge in [-0.3, -0.25) is 0 Å². The van der Waals surface area contributed by atoms with Crippen molar-refractivity contribution in [2.75, 3.05) is 51.2 Å². The van der Waals surface area contributed by atoms with Gasteiger partial charge in [0.05, 0.1) is 10.8 Å². The van der Waals surface area contributed by atoms with Crippen molar-refractivity contribution < 1.29 is 13.9 Å². The summed E-state index contributed by atoms with van der Waals surface area (Å²) in [6.45, 7) is 15.6. The van der Waals surface area contributed by atoms with Crippen molar-refractivity contribution in [3.05, 3.63) is 214 Å². The highest BCUT2D eigenvalue weighted by atomic mass is 79.9. The second-order valence-electron chi connectivity index (χ2n) is 22.8. The van der Waals surface area contributed by atoms with Crippen molar-refractivity contribution in [3.8, 4) is 0 Å². The van der Waals surface area contributed by atoms with Crippen molar-refractivity contribution >= 4 is 93.2 Å². The molecular formula is C70H71BrN4O+2. The van der Waals surface area contributed by atoms with Gasteiger partial charge in [0.1, 0.15) is 14.1 Å². The molecule has 0 saturated heterocycles. The lowest BCUT2D eigenvalue weighted by Crippen LogP contribution is -2.34. The lowest BCUT2D eigenvalue weighted by atomic mass is 9.74. The number of fused-ring (bicyclic) bond motifs is 12. The molecule has 0 spiro atoms. The minimum absolute atomic E-state index is 0.124. The Labute approximate surface area is 458 Å². The third-order valence-electron chi connectivity index (χ3n) is 19.0. The summed E-state index contributed by atoms with van der Waals surface area (Å²) in [7, 11) is 8.96. The van der Waals surface area contributed by atoms with E-state index in [1.807, 2.05) is 0 Å². The summed E-state index contributed by atoms with van der Waals surface area (Å²) in [6.07, 6.45) is 15.5. The number of ether oxygens (including phenoxy) is 1. The number of likely N-dealkylation sites (N-methyl/N-ethyl adjacent to an activating group) is 2. The van der Waals surface area contributed by atoms with Gasteiger partial charge in [0.2, 0.25) is 11.4 Å². The number of allylic oxidation sites excluding steroid dienone is 8. The standard InChI is InChI=1S/C70H71BrN4O/c1-11-67(3)59(72(7)55-36-32-46-22-13-17-26-51(46)63(55)67)30-21-31-60-69(5,65-53-28-19-15-24-48(53)34-38-57(65)73(60)8)40-42-76-43-41-70(6)62(75(10)58-39-35-49-25-16-20-29-54(49)66(58)70)45-50(71)44-61-68(4,12-2)64-52-27-18-14-23-47(52)33-37-56(64)74(61)9/h13-39,44-45H,11-12,40-43H2,1-10H3/q+2. The topological polar surface area (TPSA) is 21.7 Å². The molecule has 6 heteroatoms. The van der Waals surface area contributed by atoms with Crippen LogP contribution < -0.4 is 9.80 Å².